The first kappa shape index (κ1) is 13.6. The summed E-state index contributed by atoms with van der Waals surface area (Å²) in [5.74, 6) is 0.835. The lowest BCUT2D eigenvalue weighted by atomic mass is 10.2. The third-order valence-corrected chi connectivity index (χ3v) is 3.16. The molecular formula is C16H18N4O. The van der Waals surface area contributed by atoms with Crippen molar-refractivity contribution in [3.05, 3.63) is 60.0 Å². The van der Waals surface area contributed by atoms with Crippen LogP contribution in [-0.2, 0) is 11.3 Å². The summed E-state index contributed by atoms with van der Waals surface area (Å²) in [6.45, 7) is 3.94. The Balaban J connectivity index is 1.51. The van der Waals surface area contributed by atoms with E-state index in [9.17, 15) is 0 Å². The molecule has 3 rings (SSSR count). The van der Waals surface area contributed by atoms with Crippen LogP contribution in [0.5, 0.6) is 0 Å². The van der Waals surface area contributed by atoms with Crippen LogP contribution in [0.4, 0.5) is 5.82 Å². The first-order chi connectivity index (χ1) is 10.3. The van der Waals surface area contributed by atoms with Crippen LogP contribution in [-0.4, -0.2) is 27.7 Å². The summed E-state index contributed by atoms with van der Waals surface area (Å²) in [5, 5.41) is 7.65. The van der Waals surface area contributed by atoms with E-state index in [0.717, 1.165) is 17.0 Å². The molecule has 0 unspecified atom stereocenters. The lowest BCUT2D eigenvalue weighted by molar-refractivity contribution is 0.130. The number of hydrogen-bond acceptors (Lipinski definition) is 4. The largest absolute Gasteiger partial charge is 0.375 e. The Morgan fingerprint density at radius 3 is 2.95 bits per heavy atom. The van der Waals surface area contributed by atoms with E-state index in [1.165, 1.54) is 5.56 Å². The fourth-order valence-corrected chi connectivity index (χ4v) is 2.19. The maximum atomic E-state index is 5.65. The molecule has 1 aromatic carbocycles. The minimum Gasteiger partial charge on any atom is -0.375 e. The maximum absolute atomic E-state index is 5.65. The molecule has 2 heterocycles. The van der Waals surface area contributed by atoms with E-state index in [-0.39, 0.29) is 0 Å². The lowest BCUT2D eigenvalue weighted by Gasteiger charge is -2.07. The molecule has 0 spiro atoms. The molecular weight excluding hydrogens is 264 g/mol. The molecule has 0 aliphatic carbocycles. The molecule has 108 valence electrons. The van der Waals surface area contributed by atoms with Crippen molar-refractivity contribution in [1.29, 1.82) is 0 Å². The number of ether oxygens (including phenoxy) is 1. The van der Waals surface area contributed by atoms with Crippen molar-refractivity contribution in [3.63, 3.8) is 0 Å². The number of aromatic nitrogens is 3. The van der Waals surface area contributed by atoms with Crippen LogP contribution in [0, 0.1) is 6.92 Å². The molecule has 0 fully saturated rings. The Kier molecular flexibility index (Phi) is 4.12. The van der Waals surface area contributed by atoms with Crippen LogP contribution in [0.1, 0.15) is 11.3 Å². The Hall–Kier alpha value is -2.40. The van der Waals surface area contributed by atoms with Crippen LogP contribution < -0.4 is 5.32 Å². The first-order valence-electron chi connectivity index (χ1n) is 6.99. The van der Waals surface area contributed by atoms with Crippen molar-refractivity contribution >= 4 is 11.3 Å². The minimum absolute atomic E-state index is 0.630. The molecule has 1 N–H and O–H groups in total. The number of benzene rings is 1. The predicted octanol–water partition coefficient (Wildman–Crippen LogP) is 2.67. The van der Waals surface area contributed by atoms with Crippen LogP contribution in [0.25, 0.3) is 5.52 Å². The molecule has 0 saturated carbocycles. The van der Waals surface area contributed by atoms with Gasteiger partial charge in [0, 0.05) is 18.9 Å². The number of hydrogen-bond donors (Lipinski definition) is 1. The second kappa shape index (κ2) is 6.37. The second-order valence-corrected chi connectivity index (χ2v) is 4.86. The number of nitrogens with zero attached hydrogens (tertiary/aromatic N) is 3. The quantitative estimate of drug-likeness (QED) is 0.706. The average molecular weight is 282 g/mol. The van der Waals surface area contributed by atoms with Crippen molar-refractivity contribution in [2.24, 2.45) is 0 Å². The summed E-state index contributed by atoms with van der Waals surface area (Å²) in [6, 6.07) is 12.2. The summed E-state index contributed by atoms with van der Waals surface area (Å²) in [5.41, 5.74) is 3.15. The minimum atomic E-state index is 0.630. The van der Waals surface area contributed by atoms with Crippen molar-refractivity contribution in [3.8, 4) is 0 Å². The number of aryl methyl sites for hydroxylation is 1. The molecule has 5 nitrogen and oxygen atoms in total. The number of rotatable bonds is 6. The Morgan fingerprint density at radius 2 is 2.10 bits per heavy atom. The fraction of sp³-hybridized carbons (Fsp3) is 0.250. The third kappa shape index (κ3) is 3.38. The van der Waals surface area contributed by atoms with Gasteiger partial charge in [-0.2, -0.15) is 5.10 Å². The summed E-state index contributed by atoms with van der Waals surface area (Å²) >= 11 is 0. The van der Waals surface area contributed by atoms with Crippen LogP contribution in [0.3, 0.4) is 0 Å². The lowest BCUT2D eigenvalue weighted by Crippen LogP contribution is -2.11. The van der Waals surface area contributed by atoms with E-state index >= 15 is 0 Å². The summed E-state index contributed by atoms with van der Waals surface area (Å²) in [6.07, 6.45) is 3.59. The van der Waals surface area contributed by atoms with Gasteiger partial charge in [0.15, 0.2) is 5.82 Å². The smallest absolute Gasteiger partial charge is 0.152 e. The summed E-state index contributed by atoms with van der Waals surface area (Å²) in [7, 11) is 0. The van der Waals surface area contributed by atoms with E-state index in [1.54, 1.807) is 6.20 Å². The Bertz CT molecular complexity index is 709. The number of fused-ring (bicyclic) bond motifs is 1. The monoisotopic (exact) mass is 282 g/mol. The molecule has 0 radical (unpaired) electrons. The van der Waals surface area contributed by atoms with E-state index in [0.29, 0.717) is 19.8 Å². The zero-order valence-corrected chi connectivity index (χ0v) is 12.0. The molecule has 0 aliphatic heterocycles. The van der Waals surface area contributed by atoms with Crippen LogP contribution in [0.2, 0.25) is 0 Å². The van der Waals surface area contributed by atoms with E-state index in [1.807, 2.05) is 41.9 Å². The van der Waals surface area contributed by atoms with Gasteiger partial charge >= 0.3 is 0 Å². The van der Waals surface area contributed by atoms with Gasteiger partial charge in [0.05, 0.1) is 18.9 Å². The van der Waals surface area contributed by atoms with Crippen molar-refractivity contribution in [1.82, 2.24) is 14.6 Å². The zero-order chi connectivity index (χ0) is 14.5. The third-order valence-electron chi connectivity index (χ3n) is 3.16. The molecule has 3 aromatic rings. The van der Waals surface area contributed by atoms with Gasteiger partial charge in [-0.05, 0) is 18.6 Å². The molecule has 0 saturated heterocycles. The SMILES string of the molecule is Cc1cc2c(NCCOCc3ccccc3)nccn2n1. The fourth-order valence-electron chi connectivity index (χ4n) is 2.19. The highest BCUT2D eigenvalue weighted by Crippen LogP contribution is 2.14. The summed E-state index contributed by atoms with van der Waals surface area (Å²) < 4.78 is 7.47. The second-order valence-electron chi connectivity index (χ2n) is 4.86. The average Bonchev–Trinajstić information content (AvgIpc) is 2.89. The van der Waals surface area contributed by atoms with Crippen molar-refractivity contribution in [2.45, 2.75) is 13.5 Å². The molecule has 5 heteroatoms. The molecule has 0 atom stereocenters. The predicted molar refractivity (Wildman–Crippen MR) is 82.3 cm³/mol. The summed E-state index contributed by atoms with van der Waals surface area (Å²) in [4.78, 5) is 4.35. The zero-order valence-electron chi connectivity index (χ0n) is 12.0. The highest BCUT2D eigenvalue weighted by atomic mass is 16.5. The number of nitrogens with one attached hydrogen (secondary N) is 1. The van der Waals surface area contributed by atoms with E-state index in [2.05, 4.69) is 27.5 Å². The van der Waals surface area contributed by atoms with Gasteiger partial charge in [-0.1, -0.05) is 30.3 Å². The van der Waals surface area contributed by atoms with Crippen molar-refractivity contribution in [2.75, 3.05) is 18.5 Å². The van der Waals surface area contributed by atoms with Gasteiger partial charge in [0.25, 0.3) is 0 Å². The van der Waals surface area contributed by atoms with Gasteiger partial charge in [-0.3, -0.25) is 0 Å². The molecule has 0 aliphatic rings. The van der Waals surface area contributed by atoms with Crippen molar-refractivity contribution < 1.29 is 4.74 Å². The Morgan fingerprint density at radius 1 is 1.24 bits per heavy atom. The standard InChI is InChI=1S/C16H18N4O/c1-13-11-15-16(17-7-9-20(15)19-13)18-8-10-21-12-14-5-3-2-4-6-14/h2-7,9,11H,8,10,12H2,1H3,(H,17,18). The van der Waals surface area contributed by atoms with E-state index in [4.69, 9.17) is 4.74 Å². The van der Waals surface area contributed by atoms with Gasteiger partial charge in [-0.15, -0.1) is 0 Å². The number of anilines is 1. The topological polar surface area (TPSA) is 51.5 Å². The van der Waals surface area contributed by atoms with Crippen LogP contribution >= 0.6 is 0 Å². The van der Waals surface area contributed by atoms with Crippen LogP contribution in [0.15, 0.2) is 48.8 Å². The first-order valence-corrected chi connectivity index (χ1v) is 6.99. The molecule has 21 heavy (non-hydrogen) atoms. The highest BCUT2D eigenvalue weighted by Gasteiger charge is 2.04. The molecule has 0 amide bonds. The van der Waals surface area contributed by atoms with E-state index < -0.39 is 0 Å². The van der Waals surface area contributed by atoms with Gasteiger partial charge in [0.1, 0.15) is 5.52 Å². The molecule has 0 bridgehead atoms. The van der Waals surface area contributed by atoms with Gasteiger partial charge in [-0.25, -0.2) is 9.50 Å². The normalized spacial score (nSPS) is 10.9. The highest BCUT2D eigenvalue weighted by molar-refractivity contribution is 5.67. The Labute approximate surface area is 123 Å². The van der Waals surface area contributed by atoms with Gasteiger partial charge in [0.2, 0.25) is 0 Å². The van der Waals surface area contributed by atoms with Gasteiger partial charge < -0.3 is 10.1 Å². The molecule has 2 aromatic heterocycles. The maximum Gasteiger partial charge on any atom is 0.152 e.